The number of rotatable bonds is 4. The molecule has 5 nitrogen and oxygen atoms in total. The Labute approximate surface area is 169 Å². The summed E-state index contributed by atoms with van der Waals surface area (Å²) in [5.74, 6) is -0.321. The van der Waals surface area contributed by atoms with Gasteiger partial charge in [0.25, 0.3) is 11.8 Å². The predicted octanol–water partition coefficient (Wildman–Crippen LogP) is 3.29. The minimum Gasteiger partial charge on any atom is -0.368 e. The van der Waals surface area contributed by atoms with Crippen LogP contribution in [0, 0.1) is 13.8 Å². The third-order valence-corrected chi connectivity index (χ3v) is 6.63. The van der Waals surface area contributed by atoms with Crippen LogP contribution < -0.4 is 4.90 Å². The molecule has 2 aliphatic rings. The van der Waals surface area contributed by atoms with Crippen LogP contribution in [-0.4, -0.2) is 54.3 Å². The van der Waals surface area contributed by atoms with Crippen LogP contribution in [0.5, 0.6) is 0 Å². The average molecular weight is 396 g/mol. The smallest absolute Gasteiger partial charge is 0.277 e. The molecule has 6 heteroatoms. The van der Waals surface area contributed by atoms with Gasteiger partial charge in [0, 0.05) is 43.3 Å². The van der Waals surface area contributed by atoms with Gasteiger partial charge in [-0.25, -0.2) is 0 Å². The lowest BCUT2D eigenvalue weighted by Gasteiger charge is -2.38. The van der Waals surface area contributed by atoms with Crippen molar-refractivity contribution in [2.45, 2.75) is 20.8 Å². The molecule has 28 heavy (non-hydrogen) atoms. The van der Waals surface area contributed by atoms with Crippen LogP contribution in [-0.2, 0) is 9.59 Å². The Kier molecular flexibility index (Phi) is 4.98. The highest BCUT2D eigenvalue weighted by atomic mass is 32.1. The number of likely N-dealkylation sites (N-methyl/N-ethyl adjacent to an activating group) is 1. The van der Waals surface area contributed by atoms with E-state index in [2.05, 4.69) is 41.8 Å². The molecule has 0 unspecified atom stereocenters. The molecule has 1 aromatic heterocycles. The third-order valence-electron chi connectivity index (χ3n) is 5.74. The third kappa shape index (κ3) is 3.02. The van der Waals surface area contributed by atoms with Crippen molar-refractivity contribution < 1.29 is 9.59 Å². The maximum Gasteiger partial charge on any atom is 0.277 e. The SMILES string of the molecule is CCN1C(=O)C(c2cccs2)=C(N2CCN(c3cccc(C)c3C)CC2)C1=O. The Balaban J connectivity index is 1.61. The molecule has 2 aliphatic heterocycles. The first kappa shape index (κ1) is 18.7. The van der Waals surface area contributed by atoms with E-state index in [9.17, 15) is 9.59 Å². The van der Waals surface area contributed by atoms with Crippen molar-refractivity contribution >= 4 is 34.4 Å². The van der Waals surface area contributed by atoms with Crippen molar-refractivity contribution in [1.29, 1.82) is 0 Å². The normalized spacial score (nSPS) is 17.9. The molecule has 1 fully saturated rings. The second kappa shape index (κ2) is 7.43. The molecule has 146 valence electrons. The van der Waals surface area contributed by atoms with Gasteiger partial charge >= 0.3 is 0 Å². The molecule has 1 saturated heterocycles. The van der Waals surface area contributed by atoms with Gasteiger partial charge in [-0.3, -0.25) is 14.5 Å². The molecule has 0 atom stereocenters. The summed E-state index contributed by atoms with van der Waals surface area (Å²) >= 11 is 1.51. The first-order chi connectivity index (χ1) is 13.5. The number of carbonyl (C=O) groups excluding carboxylic acids is 2. The molecule has 0 saturated carbocycles. The minimum absolute atomic E-state index is 0.156. The van der Waals surface area contributed by atoms with Gasteiger partial charge in [0.15, 0.2) is 0 Å². The zero-order valence-corrected chi connectivity index (χ0v) is 17.4. The number of benzene rings is 1. The van der Waals surface area contributed by atoms with Crippen molar-refractivity contribution in [2.24, 2.45) is 0 Å². The average Bonchev–Trinajstić information content (AvgIpc) is 3.30. The summed E-state index contributed by atoms with van der Waals surface area (Å²) in [4.78, 5) is 32.6. The van der Waals surface area contributed by atoms with E-state index in [4.69, 9.17) is 0 Å². The maximum absolute atomic E-state index is 13.0. The zero-order chi connectivity index (χ0) is 19.8. The number of amides is 2. The van der Waals surface area contributed by atoms with Gasteiger partial charge in [-0.2, -0.15) is 0 Å². The second-order valence-corrected chi connectivity index (χ2v) is 8.20. The van der Waals surface area contributed by atoms with E-state index < -0.39 is 0 Å². The Morgan fingerprint density at radius 1 is 0.929 bits per heavy atom. The minimum atomic E-state index is -0.165. The first-order valence-electron chi connectivity index (χ1n) is 9.73. The number of carbonyl (C=O) groups is 2. The Bertz CT molecular complexity index is 941. The van der Waals surface area contributed by atoms with Crippen LogP contribution in [0.25, 0.3) is 5.57 Å². The summed E-state index contributed by atoms with van der Waals surface area (Å²) in [6.07, 6.45) is 0. The van der Waals surface area contributed by atoms with Crippen molar-refractivity contribution in [3.8, 4) is 0 Å². The number of aryl methyl sites for hydroxylation is 1. The summed E-state index contributed by atoms with van der Waals surface area (Å²) in [6.45, 7) is 9.67. The van der Waals surface area contributed by atoms with Gasteiger partial charge in [0.2, 0.25) is 0 Å². The van der Waals surface area contributed by atoms with E-state index >= 15 is 0 Å². The van der Waals surface area contributed by atoms with E-state index in [1.807, 2.05) is 24.4 Å². The summed E-state index contributed by atoms with van der Waals surface area (Å²) in [5.41, 5.74) is 5.00. The van der Waals surface area contributed by atoms with Crippen molar-refractivity contribution in [3.05, 3.63) is 57.4 Å². The highest BCUT2D eigenvalue weighted by Crippen LogP contribution is 2.34. The van der Waals surface area contributed by atoms with Gasteiger partial charge in [-0.1, -0.05) is 18.2 Å². The molecule has 2 amide bonds. The largest absolute Gasteiger partial charge is 0.368 e. The fourth-order valence-corrected chi connectivity index (χ4v) is 4.80. The second-order valence-electron chi connectivity index (χ2n) is 7.25. The van der Waals surface area contributed by atoms with Crippen LogP contribution >= 0.6 is 11.3 Å². The van der Waals surface area contributed by atoms with Crippen molar-refractivity contribution in [3.63, 3.8) is 0 Å². The van der Waals surface area contributed by atoms with Crippen LogP contribution in [0.3, 0.4) is 0 Å². The van der Waals surface area contributed by atoms with Crippen LogP contribution in [0.1, 0.15) is 22.9 Å². The molecule has 2 aromatic rings. The Morgan fingerprint density at radius 2 is 1.64 bits per heavy atom. The van der Waals surface area contributed by atoms with Crippen molar-refractivity contribution in [2.75, 3.05) is 37.6 Å². The standard InChI is InChI=1S/C22H25N3O2S/c1-4-25-21(26)19(18-9-6-14-28-18)20(22(25)27)24-12-10-23(11-13-24)17-8-5-7-15(2)16(17)3/h5-9,14H,4,10-13H2,1-3H3. The highest BCUT2D eigenvalue weighted by molar-refractivity contribution is 7.11. The van der Waals surface area contributed by atoms with Crippen LogP contribution in [0.2, 0.25) is 0 Å². The van der Waals surface area contributed by atoms with E-state index in [1.54, 1.807) is 0 Å². The molecule has 0 spiro atoms. The van der Waals surface area contributed by atoms with E-state index in [0.29, 0.717) is 17.8 Å². The molecule has 4 rings (SSSR count). The number of hydrogen-bond acceptors (Lipinski definition) is 5. The first-order valence-corrected chi connectivity index (χ1v) is 10.6. The fourth-order valence-electron chi connectivity index (χ4n) is 4.04. The lowest BCUT2D eigenvalue weighted by molar-refractivity contribution is -0.137. The molecule has 0 N–H and O–H groups in total. The van der Waals surface area contributed by atoms with Gasteiger partial charge in [0.05, 0.1) is 5.57 Å². The summed E-state index contributed by atoms with van der Waals surface area (Å²) < 4.78 is 0. The predicted molar refractivity (Wildman–Crippen MR) is 113 cm³/mol. The Hall–Kier alpha value is -2.60. The monoisotopic (exact) mass is 395 g/mol. The molecule has 0 bridgehead atoms. The van der Waals surface area contributed by atoms with Gasteiger partial charge in [-0.15, -0.1) is 11.3 Å². The summed E-state index contributed by atoms with van der Waals surface area (Å²) in [5, 5.41) is 1.95. The molecule has 0 aliphatic carbocycles. The number of thiophene rings is 1. The number of piperazine rings is 1. The van der Waals surface area contributed by atoms with E-state index in [0.717, 1.165) is 31.1 Å². The molecule has 3 heterocycles. The van der Waals surface area contributed by atoms with E-state index in [1.165, 1.54) is 33.1 Å². The fraction of sp³-hybridized carbons (Fsp3) is 0.364. The lowest BCUT2D eigenvalue weighted by Crippen LogP contribution is -2.47. The number of imide groups is 1. The van der Waals surface area contributed by atoms with Gasteiger partial charge < -0.3 is 9.80 Å². The molecular weight excluding hydrogens is 370 g/mol. The summed E-state index contributed by atoms with van der Waals surface area (Å²) in [6, 6.07) is 10.2. The number of anilines is 1. The number of nitrogens with zero attached hydrogens (tertiary/aromatic N) is 3. The maximum atomic E-state index is 13.0. The van der Waals surface area contributed by atoms with Crippen LogP contribution in [0.4, 0.5) is 5.69 Å². The van der Waals surface area contributed by atoms with Crippen molar-refractivity contribution in [1.82, 2.24) is 9.80 Å². The van der Waals surface area contributed by atoms with Gasteiger partial charge in [-0.05, 0) is 49.4 Å². The molecule has 0 radical (unpaired) electrons. The van der Waals surface area contributed by atoms with E-state index in [-0.39, 0.29) is 11.8 Å². The van der Waals surface area contributed by atoms with Gasteiger partial charge in [0.1, 0.15) is 5.70 Å². The quantitative estimate of drug-likeness (QED) is 0.745. The van der Waals surface area contributed by atoms with Crippen LogP contribution in [0.15, 0.2) is 41.4 Å². The highest BCUT2D eigenvalue weighted by Gasteiger charge is 2.41. The topological polar surface area (TPSA) is 43.9 Å². The number of hydrogen-bond donors (Lipinski definition) is 0. The summed E-state index contributed by atoms with van der Waals surface area (Å²) in [7, 11) is 0. The zero-order valence-electron chi connectivity index (χ0n) is 16.6. The molecule has 1 aromatic carbocycles. The Morgan fingerprint density at radius 3 is 2.29 bits per heavy atom. The lowest BCUT2D eigenvalue weighted by atomic mass is 10.1. The molecular formula is C22H25N3O2S.